The molecule has 0 aliphatic heterocycles. The van der Waals surface area contributed by atoms with Crippen molar-refractivity contribution in [2.24, 2.45) is 0 Å². The van der Waals surface area contributed by atoms with E-state index in [9.17, 15) is 13.2 Å². The molecule has 0 unspecified atom stereocenters. The molecular weight excluding hydrogens is 368 g/mol. The molecule has 1 fully saturated rings. The van der Waals surface area contributed by atoms with Crippen LogP contribution in [0.1, 0.15) is 25.3 Å². The Hall–Kier alpha value is -2.58. The molecule has 0 heterocycles. The third-order valence-corrected chi connectivity index (χ3v) is 6.05. The maximum Gasteiger partial charge on any atom is 0.241 e. The summed E-state index contributed by atoms with van der Waals surface area (Å²) in [6.45, 7) is 1.40. The third kappa shape index (κ3) is 4.06. The summed E-state index contributed by atoms with van der Waals surface area (Å²) in [5, 5.41) is 2.61. The van der Waals surface area contributed by atoms with Crippen molar-refractivity contribution in [3.63, 3.8) is 0 Å². The van der Waals surface area contributed by atoms with Crippen LogP contribution in [0.4, 0.5) is 5.69 Å². The van der Waals surface area contributed by atoms with E-state index in [1.165, 1.54) is 19.1 Å². The smallest absolute Gasteiger partial charge is 0.241 e. The Morgan fingerprint density at radius 1 is 1.00 bits per heavy atom. The van der Waals surface area contributed by atoms with E-state index in [4.69, 9.17) is 9.47 Å². The molecule has 0 bridgehead atoms. The van der Waals surface area contributed by atoms with E-state index < -0.39 is 15.6 Å². The van der Waals surface area contributed by atoms with E-state index in [1.54, 1.807) is 38.5 Å². The number of carbonyl (C=O) groups is 1. The number of nitrogens with one attached hydrogen (secondary N) is 2. The zero-order valence-corrected chi connectivity index (χ0v) is 16.2. The molecule has 2 aromatic carbocycles. The van der Waals surface area contributed by atoms with Gasteiger partial charge in [0.05, 0.1) is 24.7 Å². The average Bonchev–Trinajstić information content (AvgIpc) is 3.41. The van der Waals surface area contributed by atoms with Crippen LogP contribution in [-0.2, 0) is 20.4 Å². The maximum absolute atomic E-state index is 12.8. The van der Waals surface area contributed by atoms with Crippen molar-refractivity contribution in [3.8, 4) is 11.5 Å². The van der Waals surface area contributed by atoms with Crippen LogP contribution >= 0.6 is 0 Å². The van der Waals surface area contributed by atoms with E-state index in [-0.39, 0.29) is 10.8 Å². The van der Waals surface area contributed by atoms with Gasteiger partial charge in [0, 0.05) is 12.6 Å². The summed E-state index contributed by atoms with van der Waals surface area (Å²) in [5.41, 5.74) is 0.732. The lowest BCUT2D eigenvalue weighted by Crippen LogP contribution is -2.34. The number of rotatable bonds is 7. The van der Waals surface area contributed by atoms with Crippen molar-refractivity contribution >= 4 is 21.6 Å². The quantitative estimate of drug-likeness (QED) is 0.758. The van der Waals surface area contributed by atoms with Crippen LogP contribution in [-0.4, -0.2) is 28.5 Å². The fourth-order valence-corrected chi connectivity index (χ4v) is 4.39. The molecule has 0 spiro atoms. The second-order valence-electron chi connectivity index (χ2n) is 6.46. The minimum Gasteiger partial charge on any atom is -0.493 e. The number of benzene rings is 2. The molecule has 7 nitrogen and oxygen atoms in total. The summed E-state index contributed by atoms with van der Waals surface area (Å²) in [6.07, 6.45) is 1.40. The molecule has 0 atom stereocenters. The van der Waals surface area contributed by atoms with E-state index in [1.807, 2.05) is 6.07 Å². The maximum atomic E-state index is 12.8. The SMILES string of the molecule is COc1ccc(C2(NS(=O)(=O)c3ccc(NC(C)=O)cc3)CC2)cc1OC. The van der Waals surface area contributed by atoms with Gasteiger partial charge in [-0.2, -0.15) is 0 Å². The number of anilines is 1. The van der Waals surface area contributed by atoms with E-state index in [0.717, 1.165) is 5.56 Å². The molecule has 0 saturated heterocycles. The lowest BCUT2D eigenvalue weighted by atomic mass is 10.1. The van der Waals surface area contributed by atoms with Gasteiger partial charge in [0.25, 0.3) is 0 Å². The lowest BCUT2D eigenvalue weighted by Gasteiger charge is -2.20. The van der Waals surface area contributed by atoms with Crippen LogP contribution in [0.3, 0.4) is 0 Å². The van der Waals surface area contributed by atoms with Gasteiger partial charge < -0.3 is 14.8 Å². The molecule has 8 heteroatoms. The van der Waals surface area contributed by atoms with Gasteiger partial charge in [0.2, 0.25) is 15.9 Å². The highest BCUT2D eigenvalue weighted by molar-refractivity contribution is 7.89. The molecule has 3 rings (SSSR count). The number of amides is 1. The summed E-state index contributed by atoms with van der Waals surface area (Å²) in [7, 11) is -0.622. The standard InChI is InChI=1S/C19H22N2O5S/c1-13(22)20-15-5-7-16(8-6-15)27(23,24)21-19(10-11-19)14-4-9-17(25-2)18(12-14)26-3/h4-9,12,21H,10-11H2,1-3H3,(H,20,22). The number of carbonyl (C=O) groups excluding carboxylic acids is 1. The van der Waals surface area contributed by atoms with Gasteiger partial charge in [-0.05, 0) is 54.8 Å². The van der Waals surface area contributed by atoms with Crippen molar-refractivity contribution in [1.29, 1.82) is 0 Å². The second-order valence-corrected chi connectivity index (χ2v) is 8.15. The molecule has 2 aromatic rings. The monoisotopic (exact) mass is 390 g/mol. The van der Waals surface area contributed by atoms with Crippen LogP contribution in [0.5, 0.6) is 11.5 Å². The second kappa shape index (κ2) is 7.21. The molecule has 1 aliphatic carbocycles. The predicted octanol–water partition coefficient (Wildman–Crippen LogP) is 2.63. The first-order valence-electron chi connectivity index (χ1n) is 8.44. The summed E-state index contributed by atoms with van der Waals surface area (Å²) in [5.74, 6) is 0.933. The molecular formula is C19H22N2O5S. The topological polar surface area (TPSA) is 93.7 Å². The molecule has 144 valence electrons. The first kappa shape index (κ1) is 19.2. The largest absolute Gasteiger partial charge is 0.493 e. The first-order chi connectivity index (χ1) is 12.8. The van der Waals surface area contributed by atoms with Crippen LogP contribution in [0.15, 0.2) is 47.4 Å². The van der Waals surface area contributed by atoms with Gasteiger partial charge in [0.15, 0.2) is 11.5 Å². The lowest BCUT2D eigenvalue weighted by molar-refractivity contribution is -0.114. The Bertz CT molecular complexity index is 951. The molecule has 0 radical (unpaired) electrons. The average molecular weight is 390 g/mol. The van der Waals surface area contributed by atoms with Gasteiger partial charge in [-0.1, -0.05) is 6.07 Å². The van der Waals surface area contributed by atoms with Gasteiger partial charge in [-0.15, -0.1) is 0 Å². The molecule has 27 heavy (non-hydrogen) atoms. The van der Waals surface area contributed by atoms with Gasteiger partial charge in [-0.3, -0.25) is 4.79 Å². The number of hydrogen-bond donors (Lipinski definition) is 2. The fourth-order valence-electron chi connectivity index (χ4n) is 2.95. The van der Waals surface area contributed by atoms with Crippen molar-refractivity contribution in [2.45, 2.75) is 30.2 Å². The Morgan fingerprint density at radius 3 is 2.15 bits per heavy atom. The summed E-state index contributed by atoms with van der Waals surface area (Å²) in [4.78, 5) is 11.2. The Kier molecular flexibility index (Phi) is 5.12. The number of methoxy groups -OCH3 is 2. The first-order valence-corrected chi connectivity index (χ1v) is 9.92. The molecule has 1 aliphatic rings. The molecule has 0 aromatic heterocycles. The van der Waals surface area contributed by atoms with Crippen LogP contribution < -0.4 is 19.5 Å². The normalized spacial score (nSPS) is 15.1. The van der Waals surface area contributed by atoms with Crippen molar-refractivity contribution in [1.82, 2.24) is 4.72 Å². The summed E-state index contributed by atoms with van der Waals surface area (Å²) in [6, 6.07) is 11.5. The van der Waals surface area contributed by atoms with Gasteiger partial charge in [-0.25, -0.2) is 13.1 Å². The zero-order valence-electron chi connectivity index (χ0n) is 15.4. The Morgan fingerprint density at radius 2 is 1.63 bits per heavy atom. The minimum absolute atomic E-state index is 0.142. The van der Waals surface area contributed by atoms with Crippen molar-refractivity contribution in [2.75, 3.05) is 19.5 Å². The highest BCUT2D eigenvalue weighted by Gasteiger charge is 2.48. The van der Waals surface area contributed by atoms with E-state index >= 15 is 0 Å². The number of ether oxygens (including phenoxy) is 2. The Balaban J connectivity index is 1.84. The highest BCUT2D eigenvalue weighted by Crippen LogP contribution is 2.48. The highest BCUT2D eigenvalue weighted by atomic mass is 32.2. The predicted molar refractivity (Wildman–Crippen MR) is 102 cm³/mol. The van der Waals surface area contributed by atoms with Crippen LogP contribution in [0.25, 0.3) is 0 Å². The third-order valence-electron chi connectivity index (χ3n) is 4.50. The Labute approximate surface area is 158 Å². The van der Waals surface area contributed by atoms with Gasteiger partial charge in [0.1, 0.15) is 0 Å². The van der Waals surface area contributed by atoms with E-state index in [2.05, 4.69) is 10.0 Å². The number of hydrogen-bond acceptors (Lipinski definition) is 5. The molecule has 1 amide bonds. The van der Waals surface area contributed by atoms with Crippen molar-refractivity contribution < 1.29 is 22.7 Å². The van der Waals surface area contributed by atoms with Crippen LogP contribution in [0.2, 0.25) is 0 Å². The molecule has 1 saturated carbocycles. The van der Waals surface area contributed by atoms with Crippen LogP contribution in [0, 0.1) is 0 Å². The summed E-state index contributed by atoms with van der Waals surface area (Å²) >= 11 is 0. The van der Waals surface area contributed by atoms with Gasteiger partial charge >= 0.3 is 0 Å². The minimum atomic E-state index is -3.72. The zero-order chi connectivity index (χ0) is 19.7. The number of sulfonamides is 1. The fraction of sp³-hybridized carbons (Fsp3) is 0.316. The summed E-state index contributed by atoms with van der Waals surface area (Å²) < 4.78 is 39.0. The molecule has 2 N–H and O–H groups in total. The van der Waals surface area contributed by atoms with Crippen molar-refractivity contribution in [3.05, 3.63) is 48.0 Å². The van der Waals surface area contributed by atoms with E-state index in [0.29, 0.717) is 30.0 Å².